The first-order valence-electron chi connectivity index (χ1n) is 8.97. The first-order chi connectivity index (χ1) is 13.7. The van der Waals surface area contributed by atoms with Gasteiger partial charge in [-0.3, -0.25) is 4.72 Å². The first-order valence-corrected chi connectivity index (χ1v) is 10.5. The highest BCUT2D eigenvalue weighted by atomic mass is 32.2. The number of pyridine rings is 1. The molecule has 0 spiro atoms. The highest BCUT2D eigenvalue weighted by Gasteiger charge is 2.16. The molecule has 6 nitrogen and oxygen atoms in total. The van der Waals surface area contributed by atoms with E-state index in [0.717, 1.165) is 39.7 Å². The average molecular weight is 410 g/mol. The molecule has 0 atom stereocenters. The Balaban J connectivity index is 1.68. The summed E-state index contributed by atoms with van der Waals surface area (Å²) in [5, 5.41) is 5.60. The van der Waals surface area contributed by atoms with E-state index in [-0.39, 0.29) is 4.90 Å². The summed E-state index contributed by atoms with van der Waals surface area (Å²) in [6.45, 7) is 5.90. The van der Waals surface area contributed by atoms with Crippen LogP contribution < -0.4 is 4.72 Å². The summed E-state index contributed by atoms with van der Waals surface area (Å²) in [7, 11) is -3.88. The summed E-state index contributed by atoms with van der Waals surface area (Å²) in [5.74, 6) is -0.609. The molecule has 2 heterocycles. The number of rotatable bonds is 4. The number of nitrogens with zero attached hydrogens (tertiary/aromatic N) is 3. The van der Waals surface area contributed by atoms with Crippen LogP contribution in [-0.4, -0.2) is 23.2 Å². The van der Waals surface area contributed by atoms with Gasteiger partial charge in [-0.15, -0.1) is 0 Å². The van der Waals surface area contributed by atoms with Gasteiger partial charge in [0.15, 0.2) is 5.65 Å². The number of anilines is 1. The third-order valence-electron chi connectivity index (χ3n) is 4.61. The lowest BCUT2D eigenvalue weighted by Crippen LogP contribution is -2.13. The molecule has 2 aromatic heterocycles. The molecule has 0 aliphatic carbocycles. The van der Waals surface area contributed by atoms with E-state index in [4.69, 9.17) is 0 Å². The highest BCUT2D eigenvalue weighted by Crippen LogP contribution is 2.25. The maximum absolute atomic E-state index is 13.4. The Morgan fingerprint density at radius 2 is 1.72 bits per heavy atom. The molecule has 2 aromatic carbocycles. The fourth-order valence-electron chi connectivity index (χ4n) is 3.36. The van der Waals surface area contributed by atoms with Gasteiger partial charge in [0.05, 0.1) is 16.3 Å². The number of halogens is 1. The van der Waals surface area contributed by atoms with Crippen molar-refractivity contribution in [2.24, 2.45) is 0 Å². The Labute approximate surface area is 168 Å². The number of benzene rings is 2. The van der Waals surface area contributed by atoms with E-state index in [1.807, 2.05) is 26.8 Å². The zero-order valence-corrected chi connectivity index (χ0v) is 17.0. The molecule has 0 fully saturated rings. The number of aryl methyl sites for hydroxylation is 3. The fourth-order valence-corrected chi connectivity index (χ4v) is 4.45. The molecule has 4 rings (SSSR count). The molecule has 29 heavy (non-hydrogen) atoms. The second-order valence-electron chi connectivity index (χ2n) is 6.89. The Kier molecular flexibility index (Phi) is 4.58. The minimum atomic E-state index is -3.88. The molecule has 8 heteroatoms. The maximum Gasteiger partial charge on any atom is 0.261 e. The van der Waals surface area contributed by atoms with Gasteiger partial charge in [-0.05, 0) is 74.9 Å². The van der Waals surface area contributed by atoms with Crippen molar-refractivity contribution in [3.05, 3.63) is 77.4 Å². The normalized spacial score (nSPS) is 11.7. The van der Waals surface area contributed by atoms with Crippen LogP contribution in [0.25, 0.3) is 16.7 Å². The smallest absolute Gasteiger partial charge is 0.261 e. The van der Waals surface area contributed by atoms with Crippen molar-refractivity contribution >= 4 is 26.7 Å². The molecule has 0 aliphatic rings. The van der Waals surface area contributed by atoms with E-state index in [2.05, 4.69) is 14.8 Å². The molecule has 0 radical (unpaired) electrons. The zero-order chi connectivity index (χ0) is 20.8. The van der Waals surface area contributed by atoms with E-state index in [9.17, 15) is 12.8 Å². The summed E-state index contributed by atoms with van der Waals surface area (Å²) in [5.41, 5.74) is 4.76. The third kappa shape index (κ3) is 3.58. The summed E-state index contributed by atoms with van der Waals surface area (Å²) in [6, 6.07) is 13.7. The molecule has 0 unspecified atom stereocenters. The second-order valence-corrected chi connectivity index (χ2v) is 8.57. The molecule has 0 amide bonds. The van der Waals surface area contributed by atoms with Crippen molar-refractivity contribution in [1.29, 1.82) is 0 Å². The van der Waals surface area contributed by atoms with Gasteiger partial charge in [0.2, 0.25) is 0 Å². The number of fused-ring (bicyclic) bond motifs is 1. The van der Waals surface area contributed by atoms with Crippen LogP contribution in [0.5, 0.6) is 0 Å². The Bertz CT molecular complexity index is 1330. The van der Waals surface area contributed by atoms with Gasteiger partial charge in [0, 0.05) is 16.8 Å². The Morgan fingerprint density at radius 1 is 1.00 bits per heavy atom. The average Bonchev–Trinajstić information content (AvgIpc) is 2.98. The van der Waals surface area contributed by atoms with Crippen molar-refractivity contribution in [3.8, 4) is 5.69 Å². The summed E-state index contributed by atoms with van der Waals surface area (Å²) < 4.78 is 42.5. The largest absolute Gasteiger partial charge is 0.280 e. The van der Waals surface area contributed by atoms with Crippen molar-refractivity contribution < 1.29 is 12.8 Å². The molecule has 148 valence electrons. The molecule has 1 N–H and O–H groups in total. The van der Waals surface area contributed by atoms with E-state index in [0.29, 0.717) is 5.69 Å². The van der Waals surface area contributed by atoms with Crippen LogP contribution in [0.3, 0.4) is 0 Å². The fraction of sp³-hybridized carbons (Fsp3) is 0.143. The molecule has 0 bridgehead atoms. The van der Waals surface area contributed by atoms with Gasteiger partial charge < -0.3 is 0 Å². The zero-order valence-electron chi connectivity index (χ0n) is 16.1. The van der Waals surface area contributed by atoms with Crippen LogP contribution in [-0.2, 0) is 10.0 Å². The van der Waals surface area contributed by atoms with Crippen LogP contribution in [0, 0.1) is 26.6 Å². The lowest BCUT2D eigenvalue weighted by atomic mass is 10.1. The lowest BCUT2D eigenvalue weighted by Gasteiger charge is -2.09. The van der Waals surface area contributed by atoms with Gasteiger partial charge in [0.25, 0.3) is 10.0 Å². The van der Waals surface area contributed by atoms with Crippen LogP contribution >= 0.6 is 0 Å². The van der Waals surface area contributed by atoms with Crippen LogP contribution in [0.15, 0.2) is 59.5 Å². The van der Waals surface area contributed by atoms with Crippen molar-refractivity contribution in [2.45, 2.75) is 25.7 Å². The first kappa shape index (κ1) is 19.1. The topological polar surface area (TPSA) is 76.9 Å². The number of aromatic nitrogens is 3. The molecule has 0 saturated carbocycles. The molecular weight excluding hydrogens is 391 g/mol. The molecule has 4 aromatic rings. The summed E-state index contributed by atoms with van der Waals surface area (Å²) in [6.07, 6.45) is 0. The van der Waals surface area contributed by atoms with E-state index < -0.39 is 15.8 Å². The van der Waals surface area contributed by atoms with E-state index in [1.165, 1.54) is 18.2 Å². The standard InChI is InChI=1S/C21H19FN4O2S/c1-13-11-14(2)23-21-20(13)15(3)24-26(21)18-9-7-17(8-10-18)25-29(27,28)19-6-4-5-16(22)12-19/h4-12,25H,1-3H3. The van der Waals surface area contributed by atoms with Gasteiger partial charge >= 0.3 is 0 Å². The van der Waals surface area contributed by atoms with Gasteiger partial charge in [-0.25, -0.2) is 22.5 Å². The molecular formula is C21H19FN4O2S. The van der Waals surface area contributed by atoms with Crippen LogP contribution in [0.2, 0.25) is 0 Å². The predicted molar refractivity (Wildman–Crippen MR) is 110 cm³/mol. The van der Waals surface area contributed by atoms with E-state index >= 15 is 0 Å². The van der Waals surface area contributed by atoms with Gasteiger partial charge in [-0.2, -0.15) is 5.10 Å². The predicted octanol–water partition coefficient (Wildman–Crippen LogP) is 4.29. The minimum Gasteiger partial charge on any atom is -0.280 e. The molecule has 0 saturated heterocycles. The lowest BCUT2D eigenvalue weighted by molar-refractivity contribution is 0.595. The van der Waals surface area contributed by atoms with Crippen LogP contribution in [0.1, 0.15) is 17.0 Å². The Hall–Kier alpha value is -3.26. The van der Waals surface area contributed by atoms with Gasteiger partial charge in [0.1, 0.15) is 5.82 Å². The minimum absolute atomic E-state index is 0.134. The Morgan fingerprint density at radius 3 is 2.41 bits per heavy atom. The number of hydrogen-bond acceptors (Lipinski definition) is 4. The van der Waals surface area contributed by atoms with Gasteiger partial charge in [-0.1, -0.05) is 6.07 Å². The third-order valence-corrected chi connectivity index (χ3v) is 5.99. The monoisotopic (exact) mass is 410 g/mol. The maximum atomic E-state index is 13.4. The van der Waals surface area contributed by atoms with Crippen molar-refractivity contribution in [3.63, 3.8) is 0 Å². The number of sulfonamides is 1. The van der Waals surface area contributed by atoms with Crippen molar-refractivity contribution in [1.82, 2.24) is 14.8 Å². The van der Waals surface area contributed by atoms with E-state index in [1.54, 1.807) is 28.9 Å². The SMILES string of the molecule is Cc1cc(C)c2c(C)nn(-c3ccc(NS(=O)(=O)c4cccc(F)c4)cc3)c2n1. The number of hydrogen-bond donors (Lipinski definition) is 1. The summed E-state index contributed by atoms with van der Waals surface area (Å²) in [4.78, 5) is 4.48. The quantitative estimate of drug-likeness (QED) is 0.545. The highest BCUT2D eigenvalue weighted by molar-refractivity contribution is 7.92. The summed E-state index contributed by atoms with van der Waals surface area (Å²) >= 11 is 0. The second kappa shape index (κ2) is 6.97. The van der Waals surface area contributed by atoms with Crippen molar-refractivity contribution in [2.75, 3.05) is 4.72 Å². The molecule has 0 aliphatic heterocycles. The van der Waals surface area contributed by atoms with Crippen LogP contribution in [0.4, 0.5) is 10.1 Å². The number of nitrogens with one attached hydrogen (secondary N) is 1.